The van der Waals surface area contributed by atoms with Crippen LogP contribution in [0.25, 0.3) is 0 Å². The number of aliphatic carboxylic acids is 2. The van der Waals surface area contributed by atoms with E-state index in [-0.39, 0.29) is 35.5 Å². The topological polar surface area (TPSA) is 274 Å². The lowest BCUT2D eigenvalue weighted by molar-refractivity contribution is -0.145. The first kappa shape index (κ1) is 99.8. The zero-order valence-electron chi connectivity index (χ0n) is 78.5. The molecule has 0 bridgehead atoms. The number of unbranched alkanes of at least 4 members (excludes halogenated alkanes) is 2. The van der Waals surface area contributed by atoms with Crippen molar-refractivity contribution in [3.63, 3.8) is 0 Å². The quantitative estimate of drug-likeness (QED) is 0.0199. The van der Waals surface area contributed by atoms with Gasteiger partial charge < -0.3 is 41.0 Å². The minimum Gasteiger partial charge on any atom is -0.497 e. The van der Waals surface area contributed by atoms with Crippen LogP contribution in [0.15, 0.2) is 146 Å². The number of carbonyl (C=O) groups is 6. The van der Waals surface area contributed by atoms with Gasteiger partial charge in [-0.15, -0.1) is 0 Å². The summed E-state index contributed by atoms with van der Waals surface area (Å²) in [6, 6.07) is 47.7. The molecule has 4 atom stereocenters. The zero-order chi connectivity index (χ0) is 92.5. The molecule has 10 heterocycles. The number of hydrogen-bond acceptors (Lipinski definition) is 18. The first-order valence-corrected chi connectivity index (χ1v) is 50.4. The summed E-state index contributed by atoms with van der Waals surface area (Å²) in [7, 11) is 3.12. The van der Waals surface area contributed by atoms with Crippen LogP contribution in [0.3, 0.4) is 0 Å². The van der Waals surface area contributed by atoms with E-state index in [0.29, 0.717) is 124 Å². The summed E-state index contributed by atoms with van der Waals surface area (Å²) in [5, 5.41) is 34.3. The molecule has 22 nitrogen and oxygen atoms in total. The number of nitrogens with zero attached hydrogens (tertiary/aromatic N) is 8. The van der Waals surface area contributed by atoms with Gasteiger partial charge in [-0.25, -0.2) is 9.97 Å². The molecule has 8 aliphatic rings. The number of pyridine rings is 4. The van der Waals surface area contributed by atoms with Gasteiger partial charge in [0.15, 0.2) is 0 Å². The fraction of sp³-hybridized carbons (Fsp3) is 0.537. The molecule has 2 aliphatic carbocycles. The number of aryl methyl sites for hydroxylation is 10. The Bertz CT molecular complexity index is 5040. The molecular weight excluding hydrogens is 1700 g/mol. The molecule has 4 unspecified atom stereocenters. The lowest BCUT2D eigenvalue weighted by Crippen LogP contribution is -2.44. The first-order chi connectivity index (χ1) is 64.4. The van der Waals surface area contributed by atoms with Gasteiger partial charge in [0.05, 0.1) is 14.2 Å². The zero-order valence-corrected chi connectivity index (χ0v) is 80.0. The molecule has 6 aliphatic heterocycles. The average Bonchev–Trinajstić information content (AvgIpc) is 0.811. The second kappa shape index (κ2) is 51.7. The van der Waals surface area contributed by atoms with E-state index in [2.05, 4.69) is 118 Å². The van der Waals surface area contributed by atoms with Gasteiger partial charge in [0.25, 0.3) is 0 Å². The molecule has 16 rings (SSSR count). The molecule has 6 N–H and O–H groups in total. The maximum absolute atomic E-state index is 12.8. The second-order valence-electron chi connectivity index (χ2n) is 37.2. The van der Waals surface area contributed by atoms with Crippen LogP contribution in [0.5, 0.6) is 11.5 Å². The van der Waals surface area contributed by atoms with Crippen molar-refractivity contribution >= 4 is 70.2 Å². The lowest BCUT2D eigenvalue weighted by atomic mass is 9.88. The van der Waals surface area contributed by atoms with Gasteiger partial charge in [0.2, 0.25) is 11.8 Å². The molecule has 4 aromatic carbocycles. The Kier molecular flexibility index (Phi) is 39.1. The van der Waals surface area contributed by atoms with Crippen LogP contribution in [0.4, 0.5) is 11.6 Å². The summed E-state index contributed by atoms with van der Waals surface area (Å²) in [6.07, 6.45) is 33.5. The van der Waals surface area contributed by atoms with E-state index in [9.17, 15) is 39.0 Å². The molecule has 2 amide bonds. The van der Waals surface area contributed by atoms with Gasteiger partial charge in [0.1, 0.15) is 46.8 Å². The van der Waals surface area contributed by atoms with Crippen molar-refractivity contribution in [1.29, 1.82) is 0 Å². The van der Waals surface area contributed by atoms with Crippen molar-refractivity contribution in [2.75, 3.05) is 103 Å². The summed E-state index contributed by atoms with van der Waals surface area (Å²) in [4.78, 5) is 103. The number of anilines is 2. The number of ketones is 2. The number of hydrogen-bond donors (Lipinski definition) is 6. The number of fused-ring (bicyclic) bond motifs is 4. The largest absolute Gasteiger partial charge is 0.497 e. The minimum absolute atomic E-state index is 0.0714. The van der Waals surface area contributed by atoms with E-state index in [1.807, 2.05) is 58.3 Å². The van der Waals surface area contributed by atoms with Gasteiger partial charge in [-0.1, -0.05) is 116 Å². The van der Waals surface area contributed by atoms with Gasteiger partial charge in [-0.05, 0) is 337 Å². The number of rotatable bonds is 36. The maximum atomic E-state index is 12.8. The van der Waals surface area contributed by atoms with E-state index < -0.39 is 24.0 Å². The smallest absolute Gasteiger partial charge is 0.325 e. The Morgan fingerprint density at radius 1 is 0.409 bits per heavy atom. The predicted octanol–water partition coefficient (Wildman–Crippen LogP) is 19.6. The van der Waals surface area contributed by atoms with Crippen LogP contribution < -0.4 is 30.7 Å². The number of methoxy groups -OCH3 is 2. The molecule has 132 heavy (non-hydrogen) atoms. The average molecular weight is 1840 g/mol. The first-order valence-electron chi connectivity index (χ1n) is 49.6. The fourth-order valence-corrected chi connectivity index (χ4v) is 21.2. The molecule has 0 saturated carbocycles. The molecule has 4 saturated heterocycles. The normalized spacial score (nSPS) is 17.8. The van der Waals surface area contributed by atoms with Crippen molar-refractivity contribution < 1.29 is 48.5 Å². The Labute approximate surface area is 793 Å². The van der Waals surface area contributed by atoms with E-state index in [4.69, 9.17) is 52.6 Å². The number of carboxylic acid groups (broad SMARTS) is 2. The van der Waals surface area contributed by atoms with Crippen LogP contribution in [0, 0.1) is 23.7 Å². The fourth-order valence-electron chi connectivity index (χ4n) is 20.8. The summed E-state index contributed by atoms with van der Waals surface area (Å²) >= 11 is 12.3. The number of piperidine rings is 4. The summed E-state index contributed by atoms with van der Waals surface area (Å²) < 4.78 is 10.6. The van der Waals surface area contributed by atoms with Crippen molar-refractivity contribution in [2.24, 2.45) is 23.7 Å². The lowest BCUT2D eigenvalue weighted by Gasteiger charge is -2.37. The number of para-hydroxylation sites is 1. The Morgan fingerprint density at radius 2 is 0.833 bits per heavy atom. The molecule has 0 spiro atoms. The highest BCUT2D eigenvalue weighted by molar-refractivity contribution is 6.30. The van der Waals surface area contributed by atoms with Crippen molar-refractivity contribution in [2.45, 2.75) is 256 Å². The number of amides is 2. The summed E-state index contributed by atoms with van der Waals surface area (Å²) in [6.45, 7) is 14.1. The second-order valence-corrected chi connectivity index (χ2v) is 38.1. The number of nitrogens with one attached hydrogen (secondary N) is 4. The number of benzene rings is 4. The molecule has 4 aromatic heterocycles. The van der Waals surface area contributed by atoms with E-state index >= 15 is 0 Å². The number of aromatic nitrogens is 4. The monoisotopic (exact) mass is 1840 g/mol. The Morgan fingerprint density at radius 3 is 1.31 bits per heavy atom. The van der Waals surface area contributed by atoms with Crippen LogP contribution in [-0.2, 0) is 93.0 Å². The van der Waals surface area contributed by atoms with E-state index in [1.165, 1.54) is 83.3 Å². The Balaban J connectivity index is 0.000000150. The molecular formula is C108H142Cl2N12O10. The van der Waals surface area contributed by atoms with Gasteiger partial charge in [-0.2, -0.15) is 0 Å². The third-order valence-electron chi connectivity index (χ3n) is 28.4. The van der Waals surface area contributed by atoms with E-state index in [1.54, 1.807) is 38.5 Å². The van der Waals surface area contributed by atoms with E-state index in [0.717, 1.165) is 225 Å². The predicted molar refractivity (Wildman–Crippen MR) is 525 cm³/mol. The summed E-state index contributed by atoms with van der Waals surface area (Å²) in [5.74, 6) is 2.96. The number of halogens is 2. The SMILES string of the molecule is CCC(c1ccc(Cl)cc1)N1CCC(C(=O)CCCCc2ccc3c(n2)NCCC3)CC1.CCC(c1cccc(Cl)c1)N1CCC(C(=O)CCCCc2ccc3c(n2)NCCC3)CC1.COc1cccc(C(C(=O)O)N2CCC(C(=O)NCCCc3ccc4c(n3)CCCC4)CC2)c1.COc1ccccc1C(C(=O)O)N1CCC(C(=O)NCCCc2ccc3c(n2)CCCC3)CC1. The van der Waals surface area contributed by atoms with Gasteiger partial charge >= 0.3 is 11.9 Å². The molecule has 24 heteroatoms. The van der Waals surface area contributed by atoms with Crippen molar-refractivity contribution in [3.8, 4) is 11.5 Å². The third-order valence-corrected chi connectivity index (χ3v) is 28.8. The highest BCUT2D eigenvalue weighted by Gasteiger charge is 2.38. The number of likely N-dealkylation sites (tertiary alicyclic amines) is 4. The number of carbonyl (C=O) groups excluding carboxylic acids is 4. The third kappa shape index (κ3) is 28.9. The molecule has 0 radical (unpaired) electrons. The van der Waals surface area contributed by atoms with Gasteiger partial charge in [-0.3, -0.25) is 58.3 Å². The molecule has 8 aromatic rings. The van der Waals surface area contributed by atoms with Crippen molar-refractivity contribution in [1.82, 2.24) is 50.2 Å². The van der Waals surface area contributed by atoms with Crippen molar-refractivity contribution in [3.05, 3.63) is 234 Å². The number of Topliss-reactive ketones (excluding diaryl/α,β-unsaturated/α-hetero) is 2. The number of carboxylic acids is 2. The van der Waals surface area contributed by atoms with Crippen LogP contribution in [0.2, 0.25) is 10.0 Å². The van der Waals surface area contributed by atoms with Crippen LogP contribution in [-0.4, -0.2) is 178 Å². The highest BCUT2D eigenvalue weighted by atomic mass is 35.5. The minimum atomic E-state index is -0.900. The molecule has 708 valence electrons. The molecule has 4 fully saturated rings. The summed E-state index contributed by atoms with van der Waals surface area (Å²) in [5.41, 5.74) is 16.4. The highest BCUT2D eigenvalue weighted by Crippen LogP contribution is 2.38. The standard InChI is InChI=1S/2C27H36ClN3O.2C27H35N3O4/c1-2-25(22-7-5-9-23(28)19-22)31-17-14-20(15-18-31)26(32)11-4-3-10-24-13-12-21-8-6-16-29-27(21)30-24;1-2-25(20-9-12-23(28)13-10-20)31-18-15-21(16-19-31)26(32)8-4-3-7-24-14-11-22-6-5-17-29-27(22)30-24;1-34-24-11-5-3-9-22(24)25(27(32)33)30-17-14-20(15-18-30)26(31)28-16-6-8-21-13-12-19-7-2-4-10-23(19)29-21;1-34-23-9-4-7-21(18-23)25(27(32)33)30-16-13-20(14-17-30)26(31)28-15-5-8-22-12-11-19-6-2-3-10-24(19)29-22/h5,7,9,12-13,19-20,25H,2-4,6,8,10-11,14-18H2,1H3,(H,29,30);9-14,21,25H,2-8,15-19H2,1H3,(H,29,30);3,5,9,11-13,20,25H,2,4,6-8,10,14-18H2,1H3,(H,28,31)(H,32,33);4,7,9,11-12,18,20,25H,2-3,5-6,8,10,13-17H2,1H3,(H,28,31)(H,32,33). The Hall–Kier alpha value is -9.68. The number of ether oxygens (including phenoxy) is 2. The van der Waals surface area contributed by atoms with Crippen LogP contribution >= 0.6 is 23.2 Å². The van der Waals surface area contributed by atoms with Gasteiger partial charge in [0, 0.05) is 151 Å². The maximum Gasteiger partial charge on any atom is 0.325 e. The van der Waals surface area contributed by atoms with Crippen LogP contribution in [0.1, 0.15) is 271 Å².